The van der Waals surface area contributed by atoms with Gasteiger partial charge in [-0.3, -0.25) is 9.59 Å². The fraction of sp³-hybridized carbons (Fsp3) is 0.333. The molecule has 0 aromatic heterocycles. The van der Waals surface area contributed by atoms with Crippen molar-refractivity contribution >= 4 is 23.5 Å². The fourth-order valence-corrected chi connectivity index (χ4v) is 1.52. The molecule has 1 atom stereocenters. The van der Waals surface area contributed by atoms with Crippen molar-refractivity contribution in [2.75, 3.05) is 6.61 Å². The summed E-state index contributed by atoms with van der Waals surface area (Å²) in [5, 5.41) is 11.6. The van der Waals surface area contributed by atoms with Crippen LogP contribution in [0.4, 0.5) is 0 Å². The molecule has 0 spiro atoms. The Morgan fingerprint density at radius 1 is 1.50 bits per heavy atom. The largest absolute Gasteiger partial charge is 0.484 e. The standard InChI is InChI=1S/C12H14ClNO4/c1-8(5-12(16)17)14-11(15)7-18-10-4-2-3-9(13)6-10/h2-4,6,8H,5,7H2,1H3,(H,14,15)(H,16,17). The average molecular weight is 272 g/mol. The zero-order valence-electron chi connectivity index (χ0n) is 9.85. The van der Waals surface area contributed by atoms with Gasteiger partial charge in [0.05, 0.1) is 6.42 Å². The van der Waals surface area contributed by atoms with E-state index in [-0.39, 0.29) is 18.9 Å². The van der Waals surface area contributed by atoms with Gasteiger partial charge < -0.3 is 15.2 Å². The van der Waals surface area contributed by atoms with Crippen molar-refractivity contribution in [3.05, 3.63) is 29.3 Å². The molecule has 0 saturated heterocycles. The van der Waals surface area contributed by atoms with Crippen LogP contribution in [0.15, 0.2) is 24.3 Å². The molecular formula is C12H14ClNO4. The smallest absolute Gasteiger partial charge is 0.305 e. The summed E-state index contributed by atoms with van der Waals surface area (Å²) in [7, 11) is 0. The molecule has 0 aliphatic carbocycles. The maximum Gasteiger partial charge on any atom is 0.305 e. The molecule has 0 bridgehead atoms. The van der Waals surface area contributed by atoms with E-state index in [0.29, 0.717) is 10.8 Å². The van der Waals surface area contributed by atoms with Crippen molar-refractivity contribution < 1.29 is 19.4 Å². The Morgan fingerprint density at radius 3 is 2.83 bits per heavy atom. The van der Waals surface area contributed by atoms with Gasteiger partial charge in [0.2, 0.25) is 0 Å². The van der Waals surface area contributed by atoms with Crippen molar-refractivity contribution in [3.8, 4) is 5.75 Å². The van der Waals surface area contributed by atoms with Gasteiger partial charge in [-0.15, -0.1) is 0 Å². The van der Waals surface area contributed by atoms with Gasteiger partial charge >= 0.3 is 5.97 Å². The molecular weight excluding hydrogens is 258 g/mol. The lowest BCUT2D eigenvalue weighted by atomic mass is 10.2. The number of ether oxygens (including phenoxy) is 1. The Bertz CT molecular complexity index is 436. The highest BCUT2D eigenvalue weighted by molar-refractivity contribution is 6.30. The molecule has 0 radical (unpaired) electrons. The predicted octanol–water partition coefficient (Wildman–Crippen LogP) is 1.70. The lowest BCUT2D eigenvalue weighted by Crippen LogP contribution is -2.37. The van der Waals surface area contributed by atoms with E-state index in [4.69, 9.17) is 21.4 Å². The van der Waals surface area contributed by atoms with Crippen molar-refractivity contribution in [2.24, 2.45) is 0 Å². The Kier molecular flexibility index (Phi) is 5.45. The summed E-state index contributed by atoms with van der Waals surface area (Å²) in [5.41, 5.74) is 0. The number of halogens is 1. The summed E-state index contributed by atoms with van der Waals surface area (Å²) in [6.45, 7) is 1.44. The molecule has 0 aliphatic rings. The minimum Gasteiger partial charge on any atom is -0.484 e. The van der Waals surface area contributed by atoms with E-state index in [1.165, 1.54) is 0 Å². The number of aliphatic carboxylic acids is 1. The molecule has 0 aliphatic heterocycles. The van der Waals surface area contributed by atoms with E-state index in [1.807, 2.05) is 0 Å². The zero-order chi connectivity index (χ0) is 13.5. The second-order valence-corrected chi connectivity index (χ2v) is 4.25. The predicted molar refractivity (Wildman–Crippen MR) is 66.8 cm³/mol. The van der Waals surface area contributed by atoms with E-state index in [1.54, 1.807) is 31.2 Å². The third-order valence-corrected chi connectivity index (χ3v) is 2.29. The van der Waals surface area contributed by atoms with E-state index >= 15 is 0 Å². The molecule has 18 heavy (non-hydrogen) atoms. The molecule has 0 heterocycles. The number of amides is 1. The molecule has 0 fully saturated rings. The highest BCUT2D eigenvalue weighted by atomic mass is 35.5. The minimum atomic E-state index is -0.960. The third-order valence-electron chi connectivity index (χ3n) is 2.05. The van der Waals surface area contributed by atoms with Gasteiger partial charge in [0.15, 0.2) is 6.61 Å². The highest BCUT2D eigenvalue weighted by Crippen LogP contribution is 2.16. The monoisotopic (exact) mass is 271 g/mol. The van der Waals surface area contributed by atoms with E-state index < -0.39 is 12.0 Å². The van der Waals surface area contributed by atoms with Crippen LogP contribution in [-0.2, 0) is 9.59 Å². The topological polar surface area (TPSA) is 75.6 Å². The van der Waals surface area contributed by atoms with Crippen molar-refractivity contribution in [1.29, 1.82) is 0 Å². The van der Waals surface area contributed by atoms with Crippen LogP contribution in [0.2, 0.25) is 5.02 Å². The van der Waals surface area contributed by atoms with E-state index in [2.05, 4.69) is 5.32 Å². The van der Waals surface area contributed by atoms with Crippen LogP contribution in [0, 0.1) is 0 Å². The van der Waals surface area contributed by atoms with Crippen molar-refractivity contribution in [1.82, 2.24) is 5.32 Å². The molecule has 5 nitrogen and oxygen atoms in total. The molecule has 1 aromatic rings. The quantitative estimate of drug-likeness (QED) is 0.826. The first-order valence-corrected chi connectivity index (χ1v) is 5.74. The maximum absolute atomic E-state index is 11.4. The van der Waals surface area contributed by atoms with Crippen LogP contribution in [0.25, 0.3) is 0 Å². The number of rotatable bonds is 6. The van der Waals surface area contributed by atoms with Gasteiger partial charge in [-0.2, -0.15) is 0 Å². The Balaban J connectivity index is 2.35. The van der Waals surface area contributed by atoms with Gasteiger partial charge in [-0.1, -0.05) is 17.7 Å². The number of hydrogen-bond donors (Lipinski definition) is 2. The number of benzene rings is 1. The second-order valence-electron chi connectivity index (χ2n) is 3.81. The summed E-state index contributed by atoms with van der Waals surface area (Å²) in [6, 6.07) is 6.25. The normalized spacial score (nSPS) is 11.7. The molecule has 1 rings (SSSR count). The summed E-state index contributed by atoms with van der Waals surface area (Å²) >= 11 is 5.76. The first kappa shape index (κ1) is 14.3. The minimum absolute atomic E-state index is 0.122. The van der Waals surface area contributed by atoms with Gasteiger partial charge in [0.25, 0.3) is 5.91 Å². The number of carboxylic acid groups (broad SMARTS) is 1. The molecule has 1 unspecified atom stereocenters. The number of carboxylic acids is 1. The van der Waals surface area contributed by atoms with Crippen LogP contribution in [-0.4, -0.2) is 29.6 Å². The zero-order valence-corrected chi connectivity index (χ0v) is 10.6. The van der Waals surface area contributed by atoms with Crippen LogP contribution in [0.5, 0.6) is 5.75 Å². The number of nitrogens with one attached hydrogen (secondary N) is 1. The summed E-state index contributed by atoms with van der Waals surface area (Å²) in [6.07, 6.45) is -0.122. The summed E-state index contributed by atoms with van der Waals surface area (Å²) in [4.78, 5) is 21.8. The molecule has 98 valence electrons. The highest BCUT2D eigenvalue weighted by Gasteiger charge is 2.11. The van der Waals surface area contributed by atoms with Crippen LogP contribution in [0.3, 0.4) is 0 Å². The molecule has 2 N–H and O–H groups in total. The Hall–Kier alpha value is -1.75. The SMILES string of the molecule is CC(CC(=O)O)NC(=O)COc1cccc(Cl)c1. The molecule has 6 heteroatoms. The first-order valence-electron chi connectivity index (χ1n) is 5.37. The van der Waals surface area contributed by atoms with E-state index in [0.717, 1.165) is 0 Å². The second kappa shape index (κ2) is 6.86. The molecule has 1 aromatic carbocycles. The molecule has 1 amide bonds. The van der Waals surface area contributed by atoms with E-state index in [9.17, 15) is 9.59 Å². The van der Waals surface area contributed by atoms with Gasteiger partial charge in [-0.05, 0) is 25.1 Å². The van der Waals surface area contributed by atoms with Gasteiger partial charge in [0, 0.05) is 11.1 Å². The van der Waals surface area contributed by atoms with Crippen LogP contribution >= 0.6 is 11.6 Å². The lowest BCUT2D eigenvalue weighted by molar-refractivity contribution is -0.137. The van der Waals surface area contributed by atoms with Crippen molar-refractivity contribution in [2.45, 2.75) is 19.4 Å². The number of carbonyl (C=O) groups excluding carboxylic acids is 1. The van der Waals surface area contributed by atoms with Crippen molar-refractivity contribution in [3.63, 3.8) is 0 Å². The Morgan fingerprint density at radius 2 is 2.22 bits per heavy atom. The van der Waals surface area contributed by atoms with Crippen LogP contribution in [0.1, 0.15) is 13.3 Å². The van der Waals surface area contributed by atoms with Crippen LogP contribution < -0.4 is 10.1 Å². The lowest BCUT2D eigenvalue weighted by Gasteiger charge is -2.12. The molecule has 0 saturated carbocycles. The van der Waals surface area contributed by atoms with Gasteiger partial charge in [-0.25, -0.2) is 0 Å². The summed E-state index contributed by atoms with van der Waals surface area (Å²) < 4.78 is 5.21. The third kappa shape index (κ3) is 5.54. The first-order chi connectivity index (χ1) is 8.47. The maximum atomic E-state index is 11.4. The number of hydrogen-bond acceptors (Lipinski definition) is 3. The average Bonchev–Trinajstić information content (AvgIpc) is 2.25. The summed E-state index contributed by atoms with van der Waals surface area (Å²) in [5.74, 6) is -0.842. The number of carbonyl (C=O) groups is 2. The van der Waals surface area contributed by atoms with Gasteiger partial charge in [0.1, 0.15) is 5.75 Å². The Labute approximate surface area is 110 Å². The fourth-order valence-electron chi connectivity index (χ4n) is 1.34.